The SMILES string of the molecule is O=C1CCCC2=COC=C3C=CC=CC132. The highest BCUT2D eigenvalue weighted by Gasteiger charge is 2.46. The van der Waals surface area contributed by atoms with Gasteiger partial charge in [0.15, 0.2) is 5.78 Å². The Morgan fingerprint density at radius 2 is 2.13 bits per heavy atom. The van der Waals surface area contributed by atoms with Gasteiger partial charge in [0.25, 0.3) is 0 Å². The molecule has 0 aromatic heterocycles. The third-order valence-corrected chi connectivity index (χ3v) is 3.39. The molecule has 2 nitrogen and oxygen atoms in total. The molecular formula is C13H12O2. The van der Waals surface area contributed by atoms with Crippen molar-refractivity contribution in [3.05, 3.63) is 48.0 Å². The lowest BCUT2D eigenvalue weighted by molar-refractivity contribution is -0.124. The molecule has 0 N–H and O–H groups in total. The van der Waals surface area contributed by atoms with Crippen LogP contribution in [0.4, 0.5) is 0 Å². The summed E-state index contributed by atoms with van der Waals surface area (Å²) < 4.78 is 5.29. The van der Waals surface area contributed by atoms with Gasteiger partial charge in [-0.2, -0.15) is 0 Å². The van der Waals surface area contributed by atoms with Gasteiger partial charge in [0.1, 0.15) is 0 Å². The van der Waals surface area contributed by atoms with Gasteiger partial charge >= 0.3 is 0 Å². The standard InChI is InChI=1S/C13H12O2/c14-12-6-3-5-11-9-15-8-10-4-1-2-7-13(10,11)12/h1-2,4,7-9H,3,5-6H2. The van der Waals surface area contributed by atoms with Gasteiger partial charge in [-0.15, -0.1) is 0 Å². The summed E-state index contributed by atoms with van der Waals surface area (Å²) in [4.78, 5) is 12.2. The van der Waals surface area contributed by atoms with Crippen molar-refractivity contribution >= 4 is 5.78 Å². The lowest BCUT2D eigenvalue weighted by Crippen LogP contribution is -2.38. The average molecular weight is 200 g/mol. The van der Waals surface area contributed by atoms with E-state index in [1.54, 1.807) is 12.5 Å². The molecular weight excluding hydrogens is 188 g/mol. The van der Waals surface area contributed by atoms with Gasteiger partial charge < -0.3 is 4.74 Å². The molecule has 0 radical (unpaired) electrons. The van der Waals surface area contributed by atoms with Crippen molar-refractivity contribution in [1.82, 2.24) is 0 Å². The van der Waals surface area contributed by atoms with E-state index in [0.29, 0.717) is 12.2 Å². The summed E-state index contributed by atoms with van der Waals surface area (Å²) in [6.07, 6.45) is 13.9. The number of hydrogen-bond donors (Lipinski definition) is 0. The molecule has 0 bridgehead atoms. The van der Waals surface area contributed by atoms with Crippen LogP contribution in [0.15, 0.2) is 48.0 Å². The summed E-state index contributed by atoms with van der Waals surface area (Å²) in [5, 5.41) is 0. The van der Waals surface area contributed by atoms with E-state index < -0.39 is 5.41 Å². The maximum atomic E-state index is 12.2. The fourth-order valence-electron chi connectivity index (χ4n) is 2.62. The summed E-state index contributed by atoms with van der Waals surface area (Å²) in [5.41, 5.74) is 1.61. The van der Waals surface area contributed by atoms with Crippen LogP contribution in [0.5, 0.6) is 0 Å². The Hall–Kier alpha value is -1.57. The topological polar surface area (TPSA) is 26.3 Å². The Labute approximate surface area is 88.6 Å². The van der Waals surface area contributed by atoms with Crippen LogP contribution >= 0.6 is 0 Å². The van der Waals surface area contributed by atoms with Gasteiger partial charge in [-0.05, 0) is 18.4 Å². The minimum atomic E-state index is -0.481. The summed E-state index contributed by atoms with van der Waals surface area (Å²) in [5.74, 6) is 0.301. The summed E-state index contributed by atoms with van der Waals surface area (Å²) in [6.45, 7) is 0. The molecule has 0 aromatic rings. The predicted octanol–water partition coefficient (Wildman–Crippen LogP) is 2.65. The first-order chi connectivity index (χ1) is 7.34. The normalized spacial score (nSPS) is 32.4. The number of ketones is 1. The average Bonchev–Trinajstić information content (AvgIpc) is 2.28. The second-order valence-corrected chi connectivity index (χ2v) is 4.16. The van der Waals surface area contributed by atoms with Gasteiger partial charge in [-0.1, -0.05) is 24.3 Å². The number of carbonyl (C=O) groups excluding carboxylic acids is 1. The van der Waals surface area contributed by atoms with E-state index in [4.69, 9.17) is 4.74 Å². The molecule has 1 spiro atoms. The summed E-state index contributed by atoms with van der Waals surface area (Å²) in [6, 6.07) is 0. The zero-order valence-electron chi connectivity index (χ0n) is 8.40. The zero-order valence-corrected chi connectivity index (χ0v) is 8.40. The highest BCUT2D eigenvalue weighted by Crippen LogP contribution is 2.48. The minimum absolute atomic E-state index is 0.301. The number of allylic oxidation sites excluding steroid dienone is 6. The Morgan fingerprint density at radius 1 is 1.20 bits per heavy atom. The molecule has 76 valence electrons. The van der Waals surface area contributed by atoms with Crippen LogP contribution in [-0.4, -0.2) is 5.78 Å². The van der Waals surface area contributed by atoms with Crippen molar-refractivity contribution in [2.45, 2.75) is 19.3 Å². The van der Waals surface area contributed by atoms with Gasteiger partial charge in [0.2, 0.25) is 0 Å². The zero-order chi connectivity index (χ0) is 10.3. The van der Waals surface area contributed by atoms with Crippen molar-refractivity contribution < 1.29 is 9.53 Å². The molecule has 0 aromatic carbocycles. The molecule has 1 aliphatic heterocycles. The van der Waals surface area contributed by atoms with E-state index >= 15 is 0 Å². The van der Waals surface area contributed by atoms with Crippen molar-refractivity contribution in [3.8, 4) is 0 Å². The van der Waals surface area contributed by atoms with Crippen LogP contribution in [0.2, 0.25) is 0 Å². The smallest absolute Gasteiger partial charge is 0.151 e. The first-order valence-corrected chi connectivity index (χ1v) is 5.29. The molecule has 1 saturated carbocycles. The summed E-state index contributed by atoms with van der Waals surface area (Å²) in [7, 11) is 0. The lowest BCUT2D eigenvalue weighted by Gasteiger charge is -2.39. The van der Waals surface area contributed by atoms with Crippen LogP contribution < -0.4 is 0 Å². The van der Waals surface area contributed by atoms with Gasteiger partial charge in [-0.25, -0.2) is 0 Å². The van der Waals surface area contributed by atoms with E-state index in [2.05, 4.69) is 0 Å². The second kappa shape index (κ2) is 2.96. The third-order valence-electron chi connectivity index (χ3n) is 3.39. The third kappa shape index (κ3) is 1.02. The molecule has 15 heavy (non-hydrogen) atoms. The van der Waals surface area contributed by atoms with E-state index in [9.17, 15) is 4.79 Å². The van der Waals surface area contributed by atoms with Crippen molar-refractivity contribution in [2.24, 2.45) is 5.41 Å². The maximum absolute atomic E-state index is 12.2. The molecule has 3 rings (SSSR count). The van der Waals surface area contributed by atoms with Gasteiger partial charge in [0, 0.05) is 12.0 Å². The predicted molar refractivity (Wildman–Crippen MR) is 56.8 cm³/mol. The monoisotopic (exact) mass is 200 g/mol. The lowest BCUT2D eigenvalue weighted by atomic mass is 9.63. The van der Waals surface area contributed by atoms with Crippen molar-refractivity contribution in [1.29, 1.82) is 0 Å². The van der Waals surface area contributed by atoms with Crippen molar-refractivity contribution in [3.63, 3.8) is 0 Å². The first kappa shape index (κ1) is 8.72. The Bertz CT molecular complexity index is 437. The van der Waals surface area contributed by atoms with E-state index in [1.165, 1.54) is 0 Å². The van der Waals surface area contributed by atoms with Crippen molar-refractivity contribution in [2.75, 3.05) is 0 Å². The van der Waals surface area contributed by atoms with Crippen LogP contribution in [-0.2, 0) is 9.53 Å². The number of ether oxygens (including phenoxy) is 1. The minimum Gasteiger partial charge on any atom is -0.472 e. The number of Topliss-reactive ketones (excluding diaryl/α,β-unsaturated/α-hetero) is 1. The number of rotatable bonds is 0. The fraction of sp³-hybridized carbons (Fsp3) is 0.308. The van der Waals surface area contributed by atoms with Crippen LogP contribution in [0.3, 0.4) is 0 Å². The highest BCUT2D eigenvalue weighted by atomic mass is 16.5. The van der Waals surface area contributed by atoms with Gasteiger partial charge in [-0.3, -0.25) is 4.79 Å². The van der Waals surface area contributed by atoms with E-state index in [1.807, 2.05) is 24.3 Å². The van der Waals surface area contributed by atoms with Crippen LogP contribution in [0, 0.1) is 5.41 Å². The van der Waals surface area contributed by atoms with Crippen LogP contribution in [0.1, 0.15) is 19.3 Å². The Kier molecular flexibility index (Phi) is 1.72. The Morgan fingerprint density at radius 3 is 3.07 bits per heavy atom. The van der Waals surface area contributed by atoms with Gasteiger partial charge in [0.05, 0.1) is 17.9 Å². The van der Waals surface area contributed by atoms with E-state index in [0.717, 1.165) is 24.0 Å². The van der Waals surface area contributed by atoms with Crippen LogP contribution in [0.25, 0.3) is 0 Å². The molecule has 2 aliphatic carbocycles. The molecule has 3 aliphatic rings. The molecule has 1 heterocycles. The maximum Gasteiger partial charge on any atom is 0.151 e. The summed E-state index contributed by atoms with van der Waals surface area (Å²) >= 11 is 0. The van der Waals surface area contributed by atoms with E-state index in [-0.39, 0.29) is 0 Å². The molecule has 0 saturated heterocycles. The largest absolute Gasteiger partial charge is 0.472 e. The molecule has 1 unspecified atom stereocenters. The molecule has 0 amide bonds. The fourth-order valence-corrected chi connectivity index (χ4v) is 2.62. The first-order valence-electron chi connectivity index (χ1n) is 5.29. The molecule has 2 heteroatoms. The highest BCUT2D eigenvalue weighted by molar-refractivity contribution is 5.95. The Balaban J connectivity index is 2.19. The number of hydrogen-bond acceptors (Lipinski definition) is 2. The molecule has 1 atom stereocenters. The molecule has 1 fully saturated rings. The number of carbonyl (C=O) groups is 1. The second-order valence-electron chi connectivity index (χ2n) is 4.16. The quantitative estimate of drug-likeness (QED) is 0.601.